The van der Waals surface area contributed by atoms with Gasteiger partial charge in [-0.3, -0.25) is 9.59 Å². The molecule has 0 atom stereocenters. The lowest BCUT2D eigenvalue weighted by Gasteiger charge is -2.04. The van der Waals surface area contributed by atoms with Crippen molar-refractivity contribution in [3.8, 4) is 11.3 Å². The van der Waals surface area contributed by atoms with Gasteiger partial charge in [0.2, 0.25) is 5.91 Å². The summed E-state index contributed by atoms with van der Waals surface area (Å²) in [4.78, 5) is 28.1. The fourth-order valence-corrected chi connectivity index (χ4v) is 3.41. The fraction of sp³-hybridized carbons (Fsp3) is 0.118. The number of hydrogen-bond acceptors (Lipinski definition) is 5. The number of nitrogens with zero attached hydrogens (tertiary/aromatic N) is 1. The highest BCUT2D eigenvalue weighted by Gasteiger charge is 2.09. The predicted molar refractivity (Wildman–Crippen MR) is 97.4 cm³/mol. The average molecular weight is 357 g/mol. The lowest BCUT2D eigenvalue weighted by atomic mass is 10.2. The van der Waals surface area contributed by atoms with E-state index >= 15 is 0 Å². The number of amides is 2. The third-order valence-electron chi connectivity index (χ3n) is 3.24. The molecule has 122 valence electrons. The summed E-state index contributed by atoms with van der Waals surface area (Å²) in [6.45, 7) is 0.289. The van der Waals surface area contributed by atoms with Crippen molar-refractivity contribution >= 4 is 39.6 Å². The number of carbonyl (C=O) groups excluding carboxylic acids is 2. The van der Waals surface area contributed by atoms with E-state index in [2.05, 4.69) is 15.6 Å². The minimum absolute atomic E-state index is 0.162. The third kappa shape index (κ3) is 4.27. The monoisotopic (exact) mass is 357 g/mol. The van der Waals surface area contributed by atoms with E-state index < -0.39 is 0 Å². The number of nitrogens with one attached hydrogen (secondary N) is 2. The van der Waals surface area contributed by atoms with E-state index in [1.807, 2.05) is 41.1 Å². The summed E-state index contributed by atoms with van der Waals surface area (Å²) < 4.78 is 0. The number of hydrogen-bond donors (Lipinski definition) is 2. The highest BCUT2D eigenvalue weighted by molar-refractivity contribution is 7.14. The predicted octanol–water partition coefficient (Wildman–Crippen LogP) is 3.63. The third-order valence-corrected chi connectivity index (χ3v) is 4.68. The Morgan fingerprint density at radius 1 is 1.08 bits per heavy atom. The van der Waals surface area contributed by atoms with Crippen LogP contribution >= 0.6 is 22.7 Å². The molecule has 5 nitrogen and oxygen atoms in total. The Bertz CT molecular complexity index is 814. The molecule has 0 aliphatic carbocycles. The molecule has 7 heteroatoms. The lowest BCUT2D eigenvalue weighted by Crippen LogP contribution is -2.27. The minimum atomic E-state index is -0.172. The summed E-state index contributed by atoms with van der Waals surface area (Å²) in [5, 5.41) is 11.6. The van der Waals surface area contributed by atoms with Crippen LogP contribution in [0.1, 0.15) is 16.8 Å². The SMILES string of the molecule is O=C(CCNC(=O)c1ccsc1)Nc1nc(-c2ccccc2)cs1. The fourth-order valence-electron chi connectivity index (χ4n) is 2.04. The minimum Gasteiger partial charge on any atom is -0.351 e. The Kier molecular flexibility index (Phi) is 5.35. The van der Waals surface area contributed by atoms with Crippen LogP contribution in [0.5, 0.6) is 0 Å². The number of aromatic nitrogens is 1. The van der Waals surface area contributed by atoms with Crippen LogP contribution in [-0.2, 0) is 4.79 Å². The first-order valence-electron chi connectivity index (χ1n) is 7.33. The van der Waals surface area contributed by atoms with Crippen molar-refractivity contribution in [3.05, 3.63) is 58.1 Å². The highest BCUT2D eigenvalue weighted by Crippen LogP contribution is 2.24. The molecule has 24 heavy (non-hydrogen) atoms. The molecule has 2 N–H and O–H groups in total. The van der Waals surface area contributed by atoms with Crippen LogP contribution < -0.4 is 10.6 Å². The van der Waals surface area contributed by atoms with Gasteiger partial charge in [-0.25, -0.2) is 4.98 Å². The second kappa shape index (κ2) is 7.85. The van der Waals surface area contributed by atoms with Gasteiger partial charge in [0, 0.05) is 34.9 Å². The van der Waals surface area contributed by atoms with Crippen LogP contribution in [0.4, 0.5) is 5.13 Å². The molecule has 2 amide bonds. The maximum Gasteiger partial charge on any atom is 0.252 e. The molecule has 3 rings (SSSR count). The van der Waals surface area contributed by atoms with Gasteiger partial charge in [0.15, 0.2) is 5.13 Å². The number of thiazole rings is 1. The Morgan fingerprint density at radius 3 is 2.67 bits per heavy atom. The van der Waals surface area contributed by atoms with Gasteiger partial charge >= 0.3 is 0 Å². The van der Waals surface area contributed by atoms with Crippen molar-refractivity contribution < 1.29 is 9.59 Å². The van der Waals surface area contributed by atoms with Crippen molar-refractivity contribution in [1.82, 2.24) is 10.3 Å². The van der Waals surface area contributed by atoms with Gasteiger partial charge in [0.25, 0.3) is 5.91 Å². The van der Waals surface area contributed by atoms with E-state index in [9.17, 15) is 9.59 Å². The zero-order valence-corrected chi connectivity index (χ0v) is 14.3. The van der Waals surface area contributed by atoms with Crippen LogP contribution in [0.2, 0.25) is 0 Å². The molecule has 3 aromatic rings. The molecule has 0 spiro atoms. The lowest BCUT2D eigenvalue weighted by molar-refractivity contribution is -0.116. The Balaban J connectivity index is 1.47. The highest BCUT2D eigenvalue weighted by atomic mass is 32.1. The number of rotatable bonds is 6. The van der Waals surface area contributed by atoms with E-state index in [1.165, 1.54) is 22.7 Å². The van der Waals surface area contributed by atoms with E-state index in [0.717, 1.165) is 11.3 Å². The molecule has 0 aliphatic heterocycles. The summed E-state index contributed by atoms with van der Waals surface area (Å²) in [7, 11) is 0. The molecule has 0 bridgehead atoms. The van der Waals surface area contributed by atoms with Crippen molar-refractivity contribution in [1.29, 1.82) is 0 Å². The van der Waals surface area contributed by atoms with E-state index in [-0.39, 0.29) is 24.8 Å². The first-order chi connectivity index (χ1) is 11.7. The number of carbonyl (C=O) groups is 2. The van der Waals surface area contributed by atoms with E-state index in [0.29, 0.717) is 10.7 Å². The number of anilines is 1. The number of benzene rings is 1. The molecular formula is C17H15N3O2S2. The summed E-state index contributed by atoms with van der Waals surface area (Å²) in [6, 6.07) is 11.5. The molecule has 0 saturated heterocycles. The molecule has 0 aliphatic rings. The van der Waals surface area contributed by atoms with Gasteiger partial charge in [-0.15, -0.1) is 11.3 Å². The standard InChI is InChI=1S/C17H15N3O2S2/c21-15(6-8-18-16(22)13-7-9-23-10-13)20-17-19-14(11-24-17)12-4-2-1-3-5-12/h1-5,7,9-11H,6,8H2,(H,18,22)(H,19,20,21). The quantitative estimate of drug-likeness (QED) is 0.708. The first-order valence-corrected chi connectivity index (χ1v) is 9.16. The van der Waals surface area contributed by atoms with Crippen LogP contribution in [0.25, 0.3) is 11.3 Å². The Morgan fingerprint density at radius 2 is 1.92 bits per heavy atom. The van der Waals surface area contributed by atoms with Gasteiger partial charge in [-0.05, 0) is 11.4 Å². The van der Waals surface area contributed by atoms with Crippen LogP contribution in [0.3, 0.4) is 0 Å². The largest absolute Gasteiger partial charge is 0.351 e. The summed E-state index contributed by atoms with van der Waals surface area (Å²) in [5.74, 6) is -0.334. The average Bonchev–Trinajstić information content (AvgIpc) is 3.27. The zero-order valence-electron chi connectivity index (χ0n) is 12.7. The topological polar surface area (TPSA) is 71.1 Å². The molecule has 0 fully saturated rings. The molecule has 0 unspecified atom stereocenters. The second-order valence-electron chi connectivity index (χ2n) is 4.97. The van der Waals surface area contributed by atoms with E-state index in [1.54, 1.807) is 11.4 Å². The van der Waals surface area contributed by atoms with Crippen molar-refractivity contribution in [2.24, 2.45) is 0 Å². The summed E-state index contributed by atoms with van der Waals surface area (Å²) in [6.07, 6.45) is 0.204. The van der Waals surface area contributed by atoms with Crippen LogP contribution in [0.15, 0.2) is 52.5 Å². The Labute approximate surface area is 147 Å². The zero-order chi connectivity index (χ0) is 16.8. The molecule has 2 aromatic heterocycles. The van der Waals surface area contributed by atoms with Crippen molar-refractivity contribution in [3.63, 3.8) is 0 Å². The maximum absolute atomic E-state index is 11.9. The van der Waals surface area contributed by atoms with Crippen LogP contribution in [-0.4, -0.2) is 23.3 Å². The van der Waals surface area contributed by atoms with Crippen molar-refractivity contribution in [2.45, 2.75) is 6.42 Å². The second-order valence-corrected chi connectivity index (χ2v) is 6.61. The smallest absolute Gasteiger partial charge is 0.252 e. The normalized spacial score (nSPS) is 10.3. The molecule has 1 aromatic carbocycles. The van der Waals surface area contributed by atoms with Gasteiger partial charge in [0.1, 0.15) is 0 Å². The van der Waals surface area contributed by atoms with Gasteiger partial charge in [-0.1, -0.05) is 30.3 Å². The number of thiophene rings is 1. The van der Waals surface area contributed by atoms with E-state index in [4.69, 9.17) is 0 Å². The van der Waals surface area contributed by atoms with Gasteiger partial charge in [0.05, 0.1) is 5.69 Å². The molecule has 0 radical (unpaired) electrons. The summed E-state index contributed by atoms with van der Waals surface area (Å²) in [5.41, 5.74) is 2.46. The van der Waals surface area contributed by atoms with Crippen molar-refractivity contribution in [2.75, 3.05) is 11.9 Å². The molecule has 0 saturated carbocycles. The molecular weight excluding hydrogens is 342 g/mol. The van der Waals surface area contributed by atoms with Crippen LogP contribution in [0, 0.1) is 0 Å². The van der Waals surface area contributed by atoms with Gasteiger partial charge in [-0.2, -0.15) is 11.3 Å². The Hall–Kier alpha value is -2.51. The first kappa shape index (κ1) is 16.4. The van der Waals surface area contributed by atoms with Gasteiger partial charge < -0.3 is 10.6 Å². The maximum atomic E-state index is 11.9. The molecule has 2 heterocycles. The summed E-state index contributed by atoms with van der Waals surface area (Å²) >= 11 is 2.84.